The zero-order valence-corrected chi connectivity index (χ0v) is 9.13. The molecule has 1 aromatic heterocycles. The molecule has 0 saturated carbocycles. The molecule has 78 valence electrons. The number of thiazole rings is 1. The minimum absolute atomic E-state index is 0.0740. The third-order valence-corrected chi connectivity index (χ3v) is 2.39. The fourth-order valence-electron chi connectivity index (χ4n) is 0.976. The highest BCUT2D eigenvalue weighted by Gasteiger charge is 2.09. The lowest BCUT2D eigenvalue weighted by molar-refractivity contribution is -0.146. The maximum atomic E-state index is 11.2. The maximum Gasteiger partial charge on any atom is 0.312 e. The summed E-state index contributed by atoms with van der Waals surface area (Å²) in [6.07, 6.45) is 0.157. The number of carbonyl (C=O) groups is 1. The number of carbonyl (C=O) groups excluding carboxylic acids is 1. The van der Waals surface area contributed by atoms with Crippen molar-refractivity contribution >= 4 is 17.3 Å². The van der Waals surface area contributed by atoms with Gasteiger partial charge >= 0.3 is 5.97 Å². The second kappa shape index (κ2) is 5.07. The summed E-state index contributed by atoms with van der Waals surface area (Å²) in [4.78, 5) is 15.4. The van der Waals surface area contributed by atoms with Crippen LogP contribution in [-0.2, 0) is 22.5 Å². The average Bonchev–Trinajstić information content (AvgIpc) is 2.50. The first-order valence-electron chi connectivity index (χ1n) is 4.44. The van der Waals surface area contributed by atoms with Gasteiger partial charge in [0.2, 0.25) is 0 Å². The first-order valence-corrected chi connectivity index (χ1v) is 5.32. The number of nitrogens with zero attached hydrogens (tertiary/aromatic N) is 1. The lowest BCUT2D eigenvalue weighted by Gasteiger charge is -2.05. The van der Waals surface area contributed by atoms with E-state index in [1.54, 1.807) is 0 Å². The van der Waals surface area contributed by atoms with E-state index in [0.29, 0.717) is 6.54 Å². The molecule has 0 aromatic carbocycles. The maximum absolute atomic E-state index is 11.2. The van der Waals surface area contributed by atoms with Gasteiger partial charge < -0.3 is 10.5 Å². The van der Waals surface area contributed by atoms with E-state index in [1.165, 1.54) is 11.3 Å². The van der Waals surface area contributed by atoms with Gasteiger partial charge in [0.1, 0.15) is 5.01 Å². The molecule has 0 aliphatic carbocycles. The Morgan fingerprint density at radius 1 is 1.71 bits per heavy atom. The molecule has 5 heteroatoms. The van der Waals surface area contributed by atoms with Crippen molar-refractivity contribution in [3.05, 3.63) is 16.1 Å². The summed E-state index contributed by atoms with van der Waals surface area (Å²) in [5.41, 5.74) is 6.14. The predicted octanol–water partition coefficient (Wildman–Crippen LogP) is 1.10. The van der Waals surface area contributed by atoms with Crippen LogP contribution < -0.4 is 5.73 Å². The number of nitrogens with two attached hydrogens (primary N) is 1. The third-order valence-electron chi connectivity index (χ3n) is 1.47. The molecule has 0 unspecified atom stereocenters. The van der Waals surface area contributed by atoms with Gasteiger partial charge in [0, 0.05) is 11.9 Å². The van der Waals surface area contributed by atoms with E-state index < -0.39 is 0 Å². The largest absolute Gasteiger partial charge is 0.463 e. The van der Waals surface area contributed by atoms with Gasteiger partial charge in [-0.25, -0.2) is 4.98 Å². The van der Waals surface area contributed by atoms with E-state index >= 15 is 0 Å². The molecule has 0 radical (unpaired) electrons. The van der Waals surface area contributed by atoms with Gasteiger partial charge in [0.25, 0.3) is 0 Å². The fraction of sp³-hybridized carbons (Fsp3) is 0.556. The average molecular weight is 214 g/mol. The smallest absolute Gasteiger partial charge is 0.312 e. The highest BCUT2D eigenvalue weighted by molar-refractivity contribution is 7.09. The Balaban J connectivity index is 2.47. The standard InChI is InChI=1S/C9H14N2O2S/c1-6(2)13-9(12)3-7-5-14-8(4-10)11-7/h5-6H,3-4,10H2,1-2H3. The van der Waals surface area contributed by atoms with Gasteiger partial charge in [-0.1, -0.05) is 0 Å². The minimum Gasteiger partial charge on any atom is -0.463 e. The summed E-state index contributed by atoms with van der Waals surface area (Å²) in [5, 5.41) is 2.68. The molecular weight excluding hydrogens is 200 g/mol. The predicted molar refractivity (Wildman–Crippen MR) is 54.9 cm³/mol. The van der Waals surface area contributed by atoms with Crippen LogP contribution in [0, 0.1) is 0 Å². The van der Waals surface area contributed by atoms with Crippen LogP contribution in [0.3, 0.4) is 0 Å². The van der Waals surface area contributed by atoms with Crippen LogP contribution in [-0.4, -0.2) is 17.1 Å². The van der Waals surface area contributed by atoms with Gasteiger partial charge in [-0.15, -0.1) is 11.3 Å². The summed E-state index contributed by atoms with van der Waals surface area (Å²) >= 11 is 1.47. The Morgan fingerprint density at radius 3 is 2.93 bits per heavy atom. The van der Waals surface area contributed by atoms with Crippen LogP contribution >= 0.6 is 11.3 Å². The van der Waals surface area contributed by atoms with Gasteiger partial charge in [-0.2, -0.15) is 0 Å². The van der Waals surface area contributed by atoms with E-state index in [9.17, 15) is 4.79 Å². The zero-order valence-electron chi connectivity index (χ0n) is 8.32. The summed E-state index contributed by atoms with van der Waals surface area (Å²) in [6.45, 7) is 4.07. The van der Waals surface area contributed by atoms with Gasteiger partial charge in [0.05, 0.1) is 18.2 Å². The molecular formula is C9H14N2O2S. The van der Waals surface area contributed by atoms with E-state index in [2.05, 4.69) is 4.98 Å². The Labute approximate surface area is 87.1 Å². The van der Waals surface area contributed by atoms with Gasteiger partial charge in [-0.05, 0) is 13.8 Å². The van der Waals surface area contributed by atoms with Crippen LogP contribution in [0.15, 0.2) is 5.38 Å². The molecule has 2 N–H and O–H groups in total. The van der Waals surface area contributed by atoms with Crippen molar-refractivity contribution in [2.24, 2.45) is 5.73 Å². The van der Waals surface area contributed by atoms with Crippen molar-refractivity contribution < 1.29 is 9.53 Å². The summed E-state index contributed by atoms with van der Waals surface area (Å²) in [5.74, 6) is -0.242. The molecule has 0 atom stereocenters. The van der Waals surface area contributed by atoms with Crippen molar-refractivity contribution in [2.75, 3.05) is 0 Å². The quantitative estimate of drug-likeness (QED) is 0.762. The number of rotatable bonds is 4. The van der Waals surface area contributed by atoms with Gasteiger partial charge in [0.15, 0.2) is 0 Å². The highest BCUT2D eigenvalue weighted by Crippen LogP contribution is 2.10. The Bertz CT molecular complexity index is 310. The monoisotopic (exact) mass is 214 g/mol. The topological polar surface area (TPSA) is 65.2 Å². The van der Waals surface area contributed by atoms with Crippen molar-refractivity contribution in [3.8, 4) is 0 Å². The van der Waals surface area contributed by atoms with Crippen LogP contribution in [0.1, 0.15) is 24.5 Å². The van der Waals surface area contributed by atoms with Crippen LogP contribution in [0.2, 0.25) is 0 Å². The molecule has 0 saturated heterocycles. The lowest BCUT2D eigenvalue weighted by Crippen LogP contribution is -2.13. The van der Waals surface area contributed by atoms with E-state index in [0.717, 1.165) is 10.7 Å². The number of hydrogen-bond acceptors (Lipinski definition) is 5. The van der Waals surface area contributed by atoms with Crippen molar-refractivity contribution in [1.82, 2.24) is 4.98 Å². The first kappa shape index (κ1) is 11.1. The molecule has 4 nitrogen and oxygen atoms in total. The fourth-order valence-corrected chi connectivity index (χ4v) is 1.65. The SMILES string of the molecule is CC(C)OC(=O)Cc1csc(CN)n1. The molecule has 0 aliphatic rings. The molecule has 0 amide bonds. The molecule has 1 aromatic rings. The second-order valence-corrected chi connectivity index (χ2v) is 4.09. The van der Waals surface area contributed by atoms with E-state index in [4.69, 9.17) is 10.5 Å². The van der Waals surface area contributed by atoms with Crippen LogP contribution in [0.5, 0.6) is 0 Å². The summed E-state index contributed by atoms with van der Waals surface area (Å²) in [7, 11) is 0. The normalized spacial score (nSPS) is 10.6. The molecule has 0 aliphatic heterocycles. The van der Waals surface area contributed by atoms with Crippen molar-refractivity contribution in [2.45, 2.75) is 32.9 Å². The zero-order chi connectivity index (χ0) is 10.6. The van der Waals surface area contributed by atoms with Crippen LogP contribution in [0.4, 0.5) is 0 Å². The third kappa shape index (κ3) is 3.43. The first-order chi connectivity index (χ1) is 6.61. The van der Waals surface area contributed by atoms with Crippen molar-refractivity contribution in [3.63, 3.8) is 0 Å². The Kier molecular flexibility index (Phi) is 4.03. The lowest BCUT2D eigenvalue weighted by atomic mass is 10.3. The number of ether oxygens (including phenoxy) is 1. The molecule has 0 spiro atoms. The summed E-state index contributed by atoms with van der Waals surface area (Å²) in [6, 6.07) is 0. The number of esters is 1. The molecule has 0 fully saturated rings. The molecule has 1 heterocycles. The van der Waals surface area contributed by atoms with Crippen molar-refractivity contribution in [1.29, 1.82) is 0 Å². The van der Waals surface area contributed by atoms with Gasteiger partial charge in [-0.3, -0.25) is 4.79 Å². The second-order valence-electron chi connectivity index (χ2n) is 3.15. The Morgan fingerprint density at radius 2 is 2.43 bits per heavy atom. The summed E-state index contributed by atoms with van der Waals surface area (Å²) < 4.78 is 4.99. The number of hydrogen-bond donors (Lipinski definition) is 1. The highest BCUT2D eigenvalue weighted by atomic mass is 32.1. The number of aromatic nitrogens is 1. The Hall–Kier alpha value is -0.940. The van der Waals surface area contributed by atoms with E-state index in [1.807, 2.05) is 19.2 Å². The molecule has 14 heavy (non-hydrogen) atoms. The minimum atomic E-state index is -0.242. The molecule has 1 rings (SSSR count). The van der Waals surface area contributed by atoms with E-state index in [-0.39, 0.29) is 18.5 Å². The molecule has 0 bridgehead atoms. The van der Waals surface area contributed by atoms with Crippen LogP contribution in [0.25, 0.3) is 0 Å².